The fraction of sp³-hybridized carbons (Fsp3) is 0.167. The van der Waals surface area contributed by atoms with Crippen molar-refractivity contribution in [3.63, 3.8) is 0 Å². The van der Waals surface area contributed by atoms with Crippen LogP contribution in [0.1, 0.15) is 10.4 Å². The number of ether oxygens (including phenoxy) is 2. The minimum absolute atomic E-state index is 0.0456. The predicted octanol–water partition coefficient (Wildman–Crippen LogP) is 4.17. The lowest BCUT2D eigenvalue weighted by atomic mass is 10.1. The number of thioether (sulfide) groups is 1. The summed E-state index contributed by atoms with van der Waals surface area (Å²) in [7, 11) is 0. The molecule has 0 atom stereocenters. The summed E-state index contributed by atoms with van der Waals surface area (Å²) in [5.41, 5.74) is 0.888. The van der Waals surface area contributed by atoms with Gasteiger partial charge in [-0.15, -0.1) is 10.2 Å². The molecule has 138 valence electrons. The molecule has 3 aromatic rings. The summed E-state index contributed by atoms with van der Waals surface area (Å²) in [5, 5.41) is 11.4. The molecular formula is C18H14FN3O3S2. The normalized spacial score (nSPS) is 12.6. The van der Waals surface area contributed by atoms with Crippen LogP contribution in [0.3, 0.4) is 0 Å². The molecule has 27 heavy (non-hydrogen) atoms. The van der Waals surface area contributed by atoms with E-state index < -0.39 is 0 Å². The Morgan fingerprint density at radius 1 is 1.15 bits per heavy atom. The summed E-state index contributed by atoms with van der Waals surface area (Å²) in [6, 6.07) is 11.5. The first-order valence-corrected chi connectivity index (χ1v) is 9.90. The maximum absolute atomic E-state index is 13.7. The molecule has 2 aromatic carbocycles. The summed E-state index contributed by atoms with van der Waals surface area (Å²) < 4.78 is 25.3. The van der Waals surface area contributed by atoms with Crippen LogP contribution in [0.2, 0.25) is 0 Å². The molecule has 0 saturated carbocycles. The highest BCUT2D eigenvalue weighted by atomic mass is 32.2. The zero-order valence-electron chi connectivity index (χ0n) is 14.0. The number of nitrogens with one attached hydrogen (secondary N) is 1. The SMILES string of the molecule is O=C(CSc1nnc(Nc2ccccc2F)s1)c1ccc2c(c1)OCCO2. The molecule has 2 heterocycles. The number of nitrogens with zero attached hydrogens (tertiary/aromatic N) is 2. The second-order valence-corrected chi connectivity index (χ2v) is 7.75. The number of para-hydroxylation sites is 1. The Labute approximate surface area is 162 Å². The molecule has 0 aliphatic carbocycles. The van der Waals surface area contributed by atoms with Crippen molar-refractivity contribution in [1.82, 2.24) is 10.2 Å². The van der Waals surface area contributed by atoms with Gasteiger partial charge in [0, 0.05) is 5.56 Å². The molecule has 0 fully saturated rings. The maximum Gasteiger partial charge on any atom is 0.210 e. The molecule has 0 radical (unpaired) electrons. The van der Waals surface area contributed by atoms with Gasteiger partial charge in [-0.25, -0.2) is 4.39 Å². The van der Waals surface area contributed by atoms with E-state index in [1.165, 1.54) is 29.2 Å². The van der Waals surface area contributed by atoms with Gasteiger partial charge in [-0.3, -0.25) is 4.79 Å². The van der Waals surface area contributed by atoms with Crippen LogP contribution in [-0.4, -0.2) is 34.9 Å². The summed E-state index contributed by atoms with van der Waals surface area (Å²) in [6.07, 6.45) is 0. The van der Waals surface area contributed by atoms with Crippen molar-refractivity contribution in [2.24, 2.45) is 0 Å². The van der Waals surface area contributed by atoms with Crippen molar-refractivity contribution >= 4 is 39.7 Å². The Balaban J connectivity index is 1.37. The summed E-state index contributed by atoms with van der Waals surface area (Å²) >= 11 is 2.55. The van der Waals surface area contributed by atoms with Crippen molar-refractivity contribution in [2.75, 3.05) is 24.3 Å². The number of rotatable bonds is 6. The maximum atomic E-state index is 13.7. The van der Waals surface area contributed by atoms with Gasteiger partial charge < -0.3 is 14.8 Å². The van der Waals surface area contributed by atoms with Crippen LogP contribution >= 0.6 is 23.1 Å². The van der Waals surface area contributed by atoms with Crippen molar-refractivity contribution in [1.29, 1.82) is 0 Å². The van der Waals surface area contributed by atoms with Gasteiger partial charge in [-0.1, -0.05) is 35.2 Å². The van der Waals surface area contributed by atoms with Crippen LogP contribution in [0.25, 0.3) is 0 Å². The number of hydrogen-bond donors (Lipinski definition) is 1. The van der Waals surface area contributed by atoms with Crippen LogP contribution in [-0.2, 0) is 0 Å². The van der Waals surface area contributed by atoms with Crippen molar-refractivity contribution < 1.29 is 18.7 Å². The molecule has 1 aliphatic heterocycles. The van der Waals surface area contributed by atoms with Gasteiger partial charge in [0.2, 0.25) is 5.13 Å². The van der Waals surface area contributed by atoms with Gasteiger partial charge >= 0.3 is 0 Å². The molecule has 6 nitrogen and oxygen atoms in total. The Hall–Kier alpha value is -2.65. The summed E-state index contributed by atoms with van der Waals surface area (Å²) in [6.45, 7) is 0.985. The number of ketones is 1. The zero-order chi connectivity index (χ0) is 18.6. The van der Waals surface area contributed by atoms with Crippen LogP contribution < -0.4 is 14.8 Å². The van der Waals surface area contributed by atoms with Gasteiger partial charge in [0.1, 0.15) is 19.0 Å². The van der Waals surface area contributed by atoms with Gasteiger partial charge in [-0.2, -0.15) is 0 Å². The van der Waals surface area contributed by atoms with E-state index in [0.29, 0.717) is 45.4 Å². The Bertz CT molecular complexity index is 980. The van der Waals surface area contributed by atoms with E-state index in [9.17, 15) is 9.18 Å². The average Bonchev–Trinajstić information content (AvgIpc) is 3.15. The topological polar surface area (TPSA) is 73.3 Å². The predicted molar refractivity (Wildman–Crippen MR) is 102 cm³/mol. The highest BCUT2D eigenvalue weighted by molar-refractivity contribution is 8.01. The quantitative estimate of drug-likeness (QED) is 0.489. The lowest BCUT2D eigenvalue weighted by Crippen LogP contribution is -2.16. The fourth-order valence-corrected chi connectivity index (χ4v) is 4.08. The number of anilines is 2. The monoisotopic (exact) mass is 403 g/mol. The molecule has 0 amide bonds. The first kappa shape index (κ1) is 17.7. The van der Waals surface area contributed by atoms with E-state index in [1.54, 1.807) is 36.4 Å². The number of halogens is 1. The Kier molecular flexibility index (Phi) is 5.21. The highest BCUT2D eigenvalue weighted by Gasteiger charge is 2.16. The molecule has 9 heteroatoms. The average molecular weight is 403 g/mol. The number of carbonyl (C=O) groups is 1. The molecule has 0 unspecified atom stereocenters. The van der Waals surface area contributed by atoms with E-state index in [2.05, 4.69) is 15.5 Å². The third-order valence-corrected chi connectivity index (χ3v) is 5.68. The third-order valence-electron chi connectivity index (χ3n) is 3.71. The first-order chi connectivity index (χ1) is 13.2. The standard InChI is InChI=1S/C18H14FN3O3S2/c19-12-3-1-2-4-13(12)20-17-21-22-18(27-17)26-10-14(23)11-5-6-15-16(9-11)25-8-7-24-15/h1-6,9H,7-8,10H2,(H,20,21). The van der Waals surface area contributed by atoms with E-state index in [0.717, 1.165) is 0 Å². The van der Waals surface area contributed by atoms with E-state index in [4.69, 9.17) is 9.47 Å². The van der Waals surface area contributed by atoms with Crippen molar-refractivity contribution in [2.45, 2.75) is 4.34 Å². The van der Waals surface area contributed by atoms with E-state index in [1.807, 2.05) is 0 Å². The van der Waals surface area contributed by atoms with Crippen molar-refractivity contribution in [3.8, 4) is 11.5 Å². The summed E-state index contributed by atoms with van der Waals surface area (Å²) in [4.78, 5) is 12.4. The third kappa shape index (κ3) is 4.20. The van der Waals surface area contributed by atoms with Gasteiger partial charge in [0.05, 0.1) is 11.4 Å². The zero-order valence-corrected chi connectivity index (χ0v) is 15.6. The molecule has 4 rings (SSSR count). The highest BCUT2D eigenvalue weighted by Crippen LogP contribution is 2.32. The van der Waals surface area contributed by atoms with Crippen LogP contribution in [0.5, 0.6) is 11.5 Å². The lowest BCUT2D eigenvalue weighted by molar-refractivity contribution is 0.102. The molecule has 1 N–H and O–H groups in total. The van der Waals surface area contributed by atoms with E-state index >= 15 is 0 Å². The number of aromatic nitrogens is 2. The number of fused-ring (bicyclic) bond motifs is 1. The minimum atomic E-state index is -0.365. The Morgan fingerprint density at radius 3 is 2.81 bits per heavy atom. The lowest BCUT2D eigenvalue weighted by Gasteiger charge is -2.18. The number of Topliss-reactive ketones (excluding diaryl/α,β-unsaturated/α-hetero) is 1. The van der Waals surface area contributed by atoms with Crippen LogP contribution in [0.4, 0.5) is 15.2 Å². The largest absolute Gasteiger partial charge is 0.486 e. The second kappa shape index (κ2) is 7.93. The van der Waals surface area contributed by atoms with Gasteiger partial charge in [0.15, 0.2) is 21.6 Å². The molecule has 0 saturated heterocycles. The minimum Gasteiger partial charge on any atom is -0.486 e. The van der Waals surface area contributed by atoms with Gasteiger partial charge in [0.25, 0.3) is 0 Å². The molecular weight excluding hydrogens is 389 g/mol. The smallest absolute Gasteiger partial charge is 0.210 e. The summed E-state index contributed by atoms with van der Waals surface area (Å²) in [5.74, 6) is 1.04. The van der Waals surface area contributed by atoms with E-state index in [-0.39, 0.29) is 17.4 Å². The first-order valence-electron chi connectivity index (χ1n) is 8.10. The number of benzene rings is 2. The Morgan fingerprint density at radius 2 is 1.96 bits per heavy atom. The van der Waals surface area contributed by atoms with Gasteiger partial charge in [-0.05, 0) is 30.3 Å². The van der Waals surface area contributed by atoms with Crippen LogP contribution in [0, 0.1) is 5.82 Å². The van der Waals surface area contributed by atoms with Crippen LogP contribution in [0.15, 0.2) is 46.8 Å². The number of carbonyl (C=O) groups excluding carboxylic acids is 1. The fourth-order valence-electron chi connectivity index (χ4n) is 2.42. The molecule has 1 aliphatic rings. The second-order valence-electron chi connectivity index (χ2n) is 5.55. The number of hydrogen-bond acceptors (Lipinski definition) is 8. The molecule has 0 spiro atoms. The molecule has 0 bridgehead atoms. The van der Waals surface area contributed by atoms with Crippen molar-refractivity contribution in [3.05, 3.63) is 53.8 Å². The molecule has 1 aromatic heterocycles.